The first kappa shape index (κ1) is 12.4. The second-order valence-electron chi connectivity index (χ2n) is 3.45. The zero-order valence-electron chi connectivity index (χ0n) is 8.89. The van der Waals surface area contributed by atoms with E-state index in [9.17, 15) is 4.39 Å². The van der Waals surface area contributed by atoms with Crippen molar-refractivity contribution in [1.82, 2.24) is 5.32 Å². The Kier molecular flexibility index (Phi) is 5.02. The van der Waals surface area contributed by atoms with Gasteiger partial charge in [-0.3, -0.25) is 0 Å². The summed E-state index contributed by atoms with van der Waals surface area (Å²) in [5.74, 6) is -0.351. The van der Waals surface area contributed by atoms with E-state index in [0.29, 0.717) is 18.7 Å². The molecule has 0 spiro atoms. The van der Waals surface area contributed by atoms with E-state index < -0.39 is 0 Å². The van der Waals surface area contributed by atoms with Gasteiger partial charge in [-0.15, -0.1) is 0 Å². The number of halogens is 2. The molecule has 4 heteroatoms. The lowest BCUT2D eigenvalue weighted by molar-refractivity contribution is 0.171. The maximum absolute atomic E-state index is 13.4. The van der Waals surface area contributed by atoms with Crippen LogP contribution < -0.4 is 5.32 Å². The summed E-state index contributed by atoms with van der Waals surface area (Å²) in [6.07, 6.45) is 0. The fourth-order valence-electron chi connectivity index (χ4n) is 1.28. The Morgan fingerprint density at radius 3 is 2.93 bits per heavy atom. The Balaban J connectivity index is 2.54. The molecule has 84 valence electrons. The summed E-state index contributed by atoms with van der Waals surface area (Å²) in [7, 11) is 1.64. The van der Waals surface area contributed by atoms with Crippen molar-refractivity contribution < 1.29 is 9.13 Å². The average Bonchev–Trinajstić information content (AvgIpc) is 2.21. The summed E-state index contributed by atoms with van der Waals surface area (Å²) in [5, 5.41) is 3.31. The molecule has 0 saturated carbocycles. The van der Waals surface area contributed by atoms with Crippen LogP contribution in [0.4, 0.5) is 4.39 Å². The van der Waals surface area contributed by atoms with Gasteiger partial charge in [-0.25, -0.2) is 4.39 Å². The summed E-state index contributed by atoms with van der Waals surface area (Å²) >= 11 is 5.66. The Morgan fingerprint density at radius 1 is 1.53 bits per heavy atom. The molecular formula is C11H15ClFNO. The molecule has 0 amide bonds. The smallest absolute Gasteiger partial charge is 0.146 e. The van der Waals surface area contributed by atoms with Gasteiger partial charge >= 0.3 is 0 Å². The van der Waals surface area contributed by atoms with Crippen molar-refractivity contribution in [2.24, 2.45) is 0 Å². The van der Waals surface area contributed by atoms with Crippen molar-refractivity contribution in [1.29, 1.82) is 0 Å². The number of hydrogen-bond acceptors (Lipinski definition) is 2. The fraction of sp³-hybridized carbons (Fsp3) is 0.455. The Bertz CT molecular complexity index is 319. The first-order valence-electron chi connectivity index (χ1n) is 4.80. The van der Waals surface area contributed by atoms with Gasteiger partial charge in [0.1, 0.15) is 5.82 Å². The SMILES string of the molecule is COC[C@H](C)NCc1cccc(Cl)c1F. The number of benzene rings is 1. The molecule has 15 heavy (non-hydrogen) atoms. The highest BCUT2D eigenvalue weighted by Gasteiger charge is 2.07. The topological polar surface area (TPSA) is 21.3 Å². The Hall–Kier alpha value is -0.640. The molecule has 1 rings (SSSR count). The van der Waals surface area contributed by atoms with Gasteiger partial charge in [0.15, 0.2) is 0 Å². The van der Waals surface area contributed by atoms with Crippen LogP contribution in [0.25, 0.3) is 0 Å². The van der Waals surface area contributed by atoms with Gasteiger partial charge in [0.2, 0.25) is 0 Å². The quantitative estimate of drug-likeness (QED) is 0.841. The molecular weight excluding hydrogens is 217 g/mol. The number of nitrogens with one attached hydrogen (secondary N) is 1. The minimum Gasteiger partial charge on any atom is -0.383 e. The van der Waals surface area contributed by atoms with Gasteiger partial charge in [0, 0.05) is 25.3 Å². The molecule has 0 aliphatic carbocycles. The molecule has 0 fully saturated rings. The molecule has 0 heterocycles. The van der Waals surface area contributed by atoms with E-state index in [-0.39, 0.29) is 16.9 Å². The minimum absolute atomic E-state index is 0.161. The molecule has 0 aromatic heterocycles. The standard InChI is InChI=1S/C11H15ClFNO/c1-8(7-15-2)14-6-9-4-3-5-10(12)11(9)13/h3-5,8,14H,6-7H2,1-2H3/t8-/m0/s1. The molecule has 0 aliphatic rings. The summed E-state index contributed by atoms with van der Waals surface area (Å²) < 4.78 is 18.4. The summed E-state index contributed by atoms with van der Waals surface area (Å²) in [6, 6.07) is 5.18. The zero-order chi connectivity index (χ0) is 11.3. The van der Waals surface area contributed by atoms with Crippen LogP contribution >= 0.6 is 11.6 Å². The van der Waals surface area contributed by atoms with E-state index in [4.69, 9.17) is 16.3 Å². The molecule has 1 N–H and O–H groups in total. The maximum Gasteiger partial charge on any atom is 0.146 e. The Labute approximate surface area is 94.4 Å². The molecule has 1 aromatic rings. The summed E-state index contributed by atoms with van der Waals surface area (Å²) in [4.78, 5) is 0. The largest absolute Gasteiger partial charge is 0.383 e. The van der Waals surface area contributed by atoms with E-state index in [1.165, 1.54) is 0 Å². The molecule has 0 radical (unpaired) electrons. The van der Waals surface area contributed by atoms with E-state index in [2.05, 4.69) is 5.32 Å². The van der Waals surface area contributed by atoms with Crippen LogP contribution in [0.5, 0.6) is 0 Å². The van der Waals surface area contributed by atoms with Crippen molar-refractivity contribution in [3.63, 3.8) is 0 Å². The lowest BCUT2D eigenvalue weighted by Crippen LogP contribution is -2.29. The fourth-order valence-corrected chi connectivity index (χ4v) is 1.47. The van der Waals surface area contributed by atoms with Gasteiger partial charge in [-0.1, -0.05) is 23.7 Å². The zero-order valence-corrected chi connectivity index (χ0v) is 9.64. The molecule has 0 unspecified atom stereocenters. The molecule has 1 atom stereocenters. The van der Waals surface area contributed by atoms with Crippen molar-refractivity contribution in [2.45, 2.75) is 19.5 Å². The van der Waals surface area contributed by atoms with Crippen LogP contribution in [0.2, 0.25) is 5.02 Å². The molecule has 0 bridgehead atoms. The predicted octanol–water partition coefficient (Wildman–Crippen LogP) is 2.60. The monoisotopic (exact) mass is 231 g/mol. The highest BCUT2D eigenvalue weighted by Crippen LogP contribution is 2.17. The molecule has 0 aliphatic heterocycles. The van der Waals surface area contributed by atoms with Gasteiger partial charge in [0.05, 0.1) is 11.6 Å². The predicted molar refractivity (Wildman–Crippen MR) is 59.6 cm³/mol. The van der Waals surface area contributed by atoms with E-state index in [1.54, 1.807) is 25.3 Å². The van der Waals surface area contributed by atoms with E-state index >= 15 is 0 Å². The first-order chi connectivity index (χ1) is 7.15. The lowest BCUT2D eigenvalue weighted by Gasteiger charge is -2.13. The second kappa shape index (κ2) is 6.05. The number of ether oxygens (including phenoxy) is 1. The van der Waals surface area contributed by atoms with Crippen LogP contribution in [0.1, 0.15) is 12.5 Å². The number of hydrogen-bond donors (Lipinski definition) is 1. The number of rotatable bonds is 5. The molecule has 1 aromatic carbocycles. The van der Waals surface area contributed by atoms with Crippen LogP contribution in [0, 0.1) is 5.82 Å². The maximum atomic E-state index is 13.4. The van der Waals surface area contributed by atoms with Crippen molar-refractivity contribution >= 4 is 11.6 Å². The molecule has 2 nitrogen and oxygen atoms in total. The lowest BCUT2D eigenvalue weighted by atomic mass is 10.2. The van der Waals surface area contributed by atoms with Gasteiger partial charge < -0.3 is 10.1 Å². The van der Waals surface area contributed by atoms with Crippen LogP contribution in [-0.4, -0.2) is 19.8 Å². The third-order valence-electron chi connectivity index (χ3n) is 2.09. The minimum atomic E-state index is -0.351. The van der Waals surface area contributed by atoms with Gasteiger partial charge in [-0.2, -0.15) is 0 Å². The van der Waals surface area contributed by atoms with Crippen LogP contribution in [-0.2, 0) is 11.3 Å². The molecule has 0 saturated heterocycles. The van der Waals surface area contributed by atoms with Crippen molar-refractivity contribution in [3.8, 4) is 0 Å². The van der Waals surface area contributed by atoms with Crippen LogP contribution in [0.3, 0.4) is 0 Å². The normalized spacial score (nSPS) is 12.8. The summed E-state index contributed by atoms with van der Waals surface area (Å²) in [5.41, 5.74) is 0.574. The number of methoxy groups -OCH3 is 1. The van der Waals surface area contributed by atoms with Crippen molar-refractivity contribution in [3.05, 3.63) is 34.6 Å². The van der Waals surface area contributed by atoms with Gasteiger partial charge in [0.25, 0.3) is 0 Å². The third kappa shape index (κ3) is 3.78. The third-order valence-corrected chi connectivity index (χ3v) is 2.38. The van der Waals surface area contributed by atoms with E-state index in [1.807, 2.05) is 6.92 Å². The highest BCUT2D eigenvalue weighted by atomic mass is 35.5. The van der Waals surface area contributed by atoms with Gasteiger partial charge in [-0.05, 0) is 13.0 Å². The second-order valence-corrected chi connectivity index (χ2v) is 3.86. The van der Waals surface area contributed by atoms with Crippen LogP contribution in [0.15, 0.2) is 18.2 Å². The average molecular weight is 232 g/mol. The highest BCUT2D eigenvalue weighted by molar-refractivity contribution is 6.30. The summed E-state index contributed by atoms with van der Waals surface area (Å²) in [6.45, 7) is 3.03. The van der Waals surface area contributed by atoms with Crippen molar-refractivity contribution in [2.75, 3.05) is 13.7 Å². The van der Waals surface area contributed by atoms with E-state index in [0.717, 1.165) is 0 Å². The first-order valence-corrected chi connectivity index (χ1v) is 5.18. The Morgan fingerprint density at radius 2 is 2.27 bits per heavy atom.